The number of hydrogen-bond donors (Lipinski definition) is 0. The fourth-order valence-corrected chi connectivity index (χ4v) is 1.68. The summed E-state index contributed by atoms with van der Waals surface area (Å²) in [6.07, 6.45) is 1.50. The van der Waals surface area contributed by atoms with Crippen LogP contribution in [0.15, 0.2) is 12.4 Å². The number of hydrogen-bond acceptors (Lipinski definition) is 4. The van der Waals surface area contributed by atoms with Crippen LogP contribution in [0.4, 0.5) is 5.82 Å². The molecule has 0 aliphatic rings. The molecule has 0 N–H and O–H groups in total. The third kappa shape index (κ3) is 1.87. The van der Waals surface area contributed by atoms with Gasteiger partial charge < -0.3 is 4.90 Å². The van der Waals surface area contributed by atoms with Crippen molar-refractivity contribution in [2.45, 2.75) is 6.92 Å². The van der Waals surface area contributed by atoms with E-state index in [1.165, 1.54) is 6.33 Å². The molecule has 0 saturated heterocycles. The van der Waals surface area contributed by atoms with E-state index in [4.69, 9.17) is 11.6 Å². The Labute approximate surface area is 92.7 Å². The van der Waals surface area contributed by atoms with Crippen molar-refractivity contribution < 1.29 is 0 Å². The quantitative estimate of drug-likeness (QED) is 0.735. The highest BCUT2D eigenvalue weighted by molar-refractivity contribution is 6.18. The van der Waals surface area contributed by atoms with Crippen molar-refractivity contribution in [3.63, 3.8) is 0 Å². The second-order valence-corrected chi connectivity index (χ2v) is 3.72. The zero-order valence-electron chi connectivity index (χ0n) is 8.68. The van der Waals surface area contributed by atoms with Gasteiger partial charge in [-0.05, 0) is 6.92 Å². The molecule has 80 valence electrons. The topological polar surface area (TPSA) is 46.3 Å². The molecule has 15 heavy (non-hydrogen) atoms. The molecule has 0 aliphatic heterocycles. The summed E-state index contributed by atoms with van der Waals surface area (Å²) in [4.78, 5) is 10.4. The predicted octanol–water partition coefficient (Wildman–Crippen LogP) is 1.11. The highest BCUT2D eigenvalue weighted by Gasteiger charge is 2.08. The van der Waals surface area contributed by atoms with Gasteiger partial charge in [0.05, 0.1) is 0 Å². The molecule has 2 heterocycles. The van der Waals surface area contributed by atoms with Crippen LogP contribution < -0.4 is 4.90 Å². The molecular formula is C9H12ClN5. The normalized spacial score (nSPS) is 10.9. The summed E-state index contributed by atoms with van der Waals surface area (Å²) in [7, 11) is 1.97. The van der Waals surface area contributed by atoms with Gasteiger partial charge in [0, 0.05) is 31.2 Å². The summed E-state index contributed by atoms with van der Waals surface area (Å²) in [5.41, 5.74) is 0.923. The third-order valence-electron chi connectivity index (χ3n) is 2.17. The van der Waals surface area contributed by atoms with Gasteiger partial charge >= 0.3 is 0 Å². The van der Waals surface area contributed by atoms with Gasteiger partial charge in [-0.3, -0.25) is 0 Å². The lowest BCUT2D eigenvalue weighted by Crippen LogP contribution is -2.22. The van der Waals surface area contributed by atoms with Crippen LogP contribution in [-0.2, 0) is 0 Å². The summed E-state index contributed by atoms with van der Waals surface area (Å²) in [5, 5.41) is 4.12. The van der Waals surface area contributed by atoms with Crippen molar-refractivity contribution >= 4 is 23.2 Å². The Morgan fingerprint density at radius 1 is 1.53 bits per heavy atom. The molecular weight excluding hydrogens is 214 g/mol. The molecule has 0 saturated carbocycles. The number of alkyl halides is 1. The Bertz CT molecular complexity index is 466. The SMILES string of the molecule is Cc1cc(N(C)CCCl)n2ncnc2n1. The fourth-order valence-electron chi connectivity index (χ4n) is 1.42. The minimum atomic E-state index is 0.577. The zero-order valence-corrected chi connectivity index (χ0v) is 9.44. The number of fused-ring (bicyclic) bond motifs is 1. The van der Waals surface area contributed by atoms with E-state index in [-0.39, 0.29) is 0 Å². The van der Waals surface area contributed by atoms with Crippen LogP contribution in [-0.4, -0.2) is 39.1 Å². The van der Waals surface area contributed by atoms with Crippen molar-refractivity contribution in [1.82, 2.24) is 19.6 Å². The van der Waals surface area contributed by atoms with Crippen LogP contribution in [0.2, 0.25) is 0 Å². The van der Waals surface area contributed by atoms with Crippen LogP contribution in [0.1, 0.15) is 5.69 Å². The summed E-state index contributed by atoms with van der Waals surface area (Å²) in [6, 6.07) is 1.97. The molecule has 0 fully saturated rings. The molecule has 0 aliphatic carbocycles. The van der Waals surface area contributed by atoms with Crippen LogP contribution in [0.25, 0.3) is 5.78 Å². The number of anilines is 1. The van der Waals surface area contributed by atoms with Gasteiger partial charge in [0.1, 0.15) is 12.1 Å². The molecule has 2 rings (SSSR count). The Balaban J connectivity index is 2.52. The van der Waals surface area contributed by atoms with Crippen LogP contribution >= 0.6 is 11.6 Å². The minimum Gasteiger partial charge on any atom is -0.358 e. The van der Waals surface area contributed by atoms with Gasteiger partial charge in [0.25, 0.3) is 5.78 Å². The maximum Gasteiger partial charge on any atom is 0.254 e. The lowest BCUT2D eigenvalue weighted by atomic mass is 10.4. The first-order valence-electron chi connectivity index (χ1n) is 4.67. The zero-order chi connectivity index (χ0) is 10.8. The first-order valence-corrected chi connectivity index (χ1v) is 5.20. The Morgan fingerprint density at radius 3 is 3.07 bits per heavy atom. The van der Waals surface area contributed by atoms with Crippen molar-refractivity contribution in [2.75, 3.05) is 24.4 Å². The number of aryl methyl sites for hydroxylation is 1. The van der Waals surface area contributed by atoms with Gasteiger partial charge in [0.15, 0.2) is 0 Å². The lowest BCUT2D eigenvalue weighted by molar-refractivity contribution is 0.850. The van der Waals surface area contributed by atoms with Crippen molar-refractivity contribution in [3.05, 3.63) is 18.1 Å². The average molecular weight is 226 g/mol. The van der Waals surface area contributed by atoms with Gasteiger partial charge in [-0.2, -0.15) is 14.6 Å². The summed E-state index contributed by atoms with van der Waals surface area (Å²) >= 11 is 5.71. The van der Waals surface area contributed by atoms with E-state index in [9.17, 15) is 0 Å². The van der Waals surface area contributed by atoms with Crippen LogP contribution in [0.5, 0.6) is 0 Å². The van der Waals surface area contributed by atoms with Crippen LogP contribution in [0.3, 0.4) is 0 Å². The second kappa shape index (κ2) is 4.02. The molecule has 0 atom stereocenters. The molecule has 2 aromatic heterocycles. The maximum atomic E-state index is 5.71. The monoisotopic (exact) mass is 225 g/mol. The molecule has 0 radical (unpaired) electrons. The molecule has 0 unspecified atom stereocenters. The molecule has 0 bridgehead atoms. The van der Waals surface area contributed by atoms with Crippen molar-refractivity contribution in [2.24, 2.45) is 0 Å². The number of nitrogens with zero attached hydrogens (tertiary/aromatic N) is 5. The number of aromatic nitrogens is 4. The van der Waals surface area contributed by atoms with E-state index >= 15 is 0 Å². The van der Waals surface area contributed by atoms with Crippen LogP contribution in [0, 0.1) is 6.92 Å². The molecule has 5 nitrogen and oxygen atoms in total. The predicted molar refractivity (Wildman–Crippen MR) is 59.5 cm³/mol. The molecule has 6 heteroatoms. The van der Waals surface area contributed by atoms with E-state index < -0.39 is 0 Å². The number of halogens is 1. The summed E-state index contributed by atoms with van der Waals surface area (Å²) < 4.78 is 1.71. The van der Waals surface area contributed by atoms with Gasteiger partial charge in [-0.1, -0.05) is 0 Å². The Morgan fingerprint density at radius 2 is 2.33 bits per heavy atom. The largest absolute Gasteiger partial charge is 0.358 e. The van der Waals surface area contributed by atoms with E-state index in [0.717, 1.165) is 18.1 Å². The summed E-state index contributed by atoms with van der Waals surface area (Å²) in [6.45, 7) is 2.70. The highest BCUT2D eigenvalue weighted by atomic mass is 35.5. The molecule has 0 spiro atoms. The van der Waals surface area contributed by atoms with Gasteiger partial charge in [0.2, 0.25) is 0 Å². The molecule has 0 amide bonds. The standard InChI is InChI=1S/C9H12ClN5/c1-7-5-8(14(2)4-3-10)15-9(13-7)11-6-12-15/h5-6H,3-4H2,1-2H3. The molecule has 0 aromatic carbocycles. The smallest absolute Gasteiger partial charge is 0.254 e. The van der Waals surface area contributed by atoms with E-state index in [1.54, 1.807) is 4.52 Å². The van der Waals surface area contributed by atoms with Crippen molar-refractivity contribution in [1.29, 1.82) is 0 Å². The average Bonchev–Trinajstić information content (AvgIpc) is 2.64. The maximum absolute atomic E-state index is 5.71. The lowest BCUT2D eigenvalue weighted by Gasteiger charge is -2.18. The number of rotatable bonds is 3. The Hall–Kier alpha value is -1.36. The highest BCUT2D eigenvalue weighted by Crippen LogP contribution is 2.13. The molecule has 2 aromatic rings. The fraction of sp³-hybridized carbons (Fsp3) is 0.444. The van der Waals surface area contributed by atoms with E-state index in [2.05, 4.69) is 15.1 Å². The first-order chi connectivity index (χ1) is 7.22. The van der Waals surface area contributed by atoms with Crippen molar-refractivity contribution in [3.8, 4) is 0 Å². The summed E-state index contributed by atoms with van der Waals surface area (Å²) in [5.74, 6) is 2.15. The van der Waals surface area contributed by atoms with Gasteiger partial charge in [-0.15, -0.1) is 11.6 Å². The van der Waals surface area contributed by atoms with Gasteiger partial charge in [-0.25, -0.2) is 4.98 Å². The second-order valence-electron chi connectivity index (χ2n) is 3.34. The van der Waals surface area contributed by atoms with E-state index in [0.29, 0.717) is 11.7 Å². The Kier molecular flexibility index (Phi) is 2.73. The third-order valence-corrected chi connectivity index (χ3v) is 2.34. The van der Waals surface area contributed by atoms with E-state index in [1.807, 2.05) is 24.9 Å². The first kappa shape index (κ1) is 10.2. The minimum absolute atomic E-state index is 0.577.